The minimum Gasteiger partial charge on any atom is -0.459 e. The zero-order valence-electron chi connectivity index (χ0n) is 19.4. The van der Waals surface area contributed by atoms with Crippen LogP contribution in [0.1, 0.15) is 32.4 Å². The van der Waals surface area contributed by atoms with E-state index in [0.717, 1.165) is 6.92 Å². The highest BCUT2D eigenvalue weighted by molar-refractivity contribution is 6.49. The molecular weight excluding hydrogens is 522 g/mol. The Kier molecular flexibility index (Phi) is 7.82. The van der Waals surface area contributed by atoms with Crippen LogP contribution in [-0.4, -0.2) is 28.6 Å². The lowest BCUT2D eigenvalue weighted by atomic mass is 10.0. The number of esters is 2. The van der Waals surface area contributed by atoms with Crippen molar-refractivity contribution in [2.75, 3.05) is 0 Å². The highest BCUT2D eigenvalue weighted by atomic mass is 35.5. The van der Waals surface area contributed by atoms with E-state index in [0.29, 0.717) is 17.1 Å². The Bertz CT molecular complexity index is 1160. The standard InChI is InChI=1S/C25H22Cl2F3NO5/c1-14(32)34-21(24(26,27)25(28,29)30)19-20(23(19,2)3)22(33)36-18(13-31)15-8-7-11-17(12-15)35-16-9-5-4-6-10-16/h4-12,18-21H,1-3H3. The van der Waals surface area contributed by atoms with Crippen LogP contribution in [0.4, 0.5) is 13.2 Å². The van der Waals surface area contributed by atoms with Crippen molar-refractivity contribution in [2.45, 2.75) is 43.5 Å². The second kappa shape index (κ2) is 10.2. The molecule has 0 N–H and O–H groups in total. The lowest BCUT2D eigenvalue weighted by Crippen LogP contribution is -2.49. The minimum atomic E-state index is -5.16. The number of rotatable bonds is 8. The van der Waals surface area contributed by atoms with E-state index >= 15 is 0 Å². The molecule has 1 fully saturated rings. The Hall–Kier alpha value is -2.96. The van der Waals surface area contributed by atoms with Crippen molar-refractivity contribution in [3.05, 3.63) is 60.2 Å². The zero-order valence-corrected chi connectivity index (χ0v) is 20.9. The molecule has 0 aromatic heterocycles. The molecule has 1 saturated carbocycles. The average molecular weight is 544 g/mol. The third-order valence-corrected chi connectivity index (χ3v) is 6.87. The molecule has 2 aromatic carbocycles. The van der Waals surface area contributed by atoms with Gasteiger partial charge in [-0.25, -0.2) is 0 Å². The lowest BCUT2D eigenvalue weighted by Gasteiger charge is -2.32. The summed E-state index contributed by atoms with van der Waals surface area (Å²) in [7, 11) is 0. The first kappa shape index (κ1) is 27.6. The maximum atomic E-state index is 13.6. The number of para-hydroxylation sites is 1. The van der Waals surface area contributed by atoms with Crippen LogP contribution >= 0.6 is 23.2 Å². The van der Waals surface area contributed by atoms with Crippen LogP contribution in [-0.2, 0) is 19.1 Å². The predicted octanol–water partition coefficient (Wildman–Crippen LogP) is 6.53. The van der Waals surface area contributed by atoms with E-state index in [1.54, 1.807) is 42.5 Å². The van der Waals surface area contributed by atoms with Gasteiger partial charge in [-0.05, 0) is 29.7 Å². The average Bonchev–Trinajstić information content (AvgIpc) is 3.36. The molecule has 0 saturated heterocycles. The molecule has 0 radical (unpaired) electrons. The van der Waals surface area contributed by atoms with Crippen molar-refractivity contribution in [3.63, 3.8) is 0 Å². The molecular formula is C25H22Cl2F3NO5. The number of carbonyl (C=O) groups is 2. The van der Waals surface area contributed by atoms with Gasteiger partial charge in [0.1, 0.15) is 23.7 Å². The van der Waals surface area contributed by atoms with E-state index in [4.69, 9.17) is 37.4 Å². The molecule has 11 heteroatoms. The molecule has 0 bridgehead atoms. The van der Waals surface area contributed by atoms with E-state index in [-0.39, 0.29) is 0 Å². The third-order valence-electron chi connectivity index (χ3n) is 6.01. The third kappa shape index (κ3) is 5.71. The van der Waals surface area contributed by atoms with Crippen molar-refractivity contribution < 1.29 is 37.0 Å². The van der Waals surface area contributed by atoms with Gasteiger partial charge in [0.2, 0.25) is 10.4 Å². The first-order chi connectivity index (χ1) is 16.7. The van der Waals surface area contributed by atoms with Gasteiger partial charge in [-0.15, -0.1) is 0 Å². The van der Waals surface area contributed by atoms with E-state index in [2.05, 4.69) is 0 Å². The SMILES string of the molecule is CC(=O)OC(C1C(C(=O)OC(C#N)c2cccc(Oc3ccccc3)c2)C1(C)C)C(Cl)(Cl)C(F)(F)F. The molecule has 4 atom stereocenters. The number of alkyl halides is 5. The first-order valence-electron chi connectivity index (χ1n) is 10.7. The molecule has 192 valence electrons. The molecule has 0 aliphatic heterocycles. The van der Waals surface area contributed by atoms with Gasteiger partial charge in [0.25, 0.3) is 0 Å². The summed E-state index contributed by atoms with van der Waals surface area (Å²) in [4.78, 5) is 24.5. The van der Waals surface area contributed by atoms with E-state index in [1.165, 1.54) is 19.9 Å². The molecule has 4 unspecified atom stereocenters. The maximum absolute atomic E-state index is 13.6. The number of hydrogen-bond acceptors (Lipinski definition) is 6. The molecule has 0 spiro atoms. The molecule has 1 aliphatic rings. The van der Waals surface area contributed by atoms with E-state index < -0.39 is 51.9 Å². The van der Waals surface area contributed by atoms with Crippen molar-refractivity contribution in [1.29, 1.82) is 5.26 Å². The van der Waals surface area contributed by atoms with Gasteiger partial charge in [0.05, 0.1) is 5.92 Å². The van der Waals surface area contributed by atoms with Gasteiger partial charge < -0.3 is 14.2 Å². The van der Waals surface area contributed by atoms with Crippen LogP contribution in [0.3, 0.4) is 0 Å². The topological polar surface area (TPSA) is 85.6 Å². The van der Waals surface area contributed by atoms with E-state index in [1.807, 2.05) is 12.1 Å². The van der Waals surface area contributed by atoms with Crippen LogP contribution < -0.4 is 4.74 Å². The highest BCUT2D eigenvalue weighted by Gasteiger charge is 2.74. The molecule has 2 aromatic rings. The molecule has 0 heterocycles. The number of nitrogens with zero attached hydrogens (tertiary/aromatic N) is 1. The second-order valence-electron chi connectivity index (χ2n) is 8.91. The number of nitriles is 1. The number of hydrogen-bond donors (Lipinski definition) is 0. The summed E-state index contributed by atoms with van der Waals surface area (Å²) in [6.45, 7) is 3.90. The van der Waals surface area contributed by atoms with Crippen LogP contribution in [0.15, 0.2) is 54.6 Å². The zero-order chi connectivity index (χ0) is 26.9. The van der Waals surface area contributed by atoms with Gasteiger partial charge >= 0.3 is 18.1 Å². The molecule has 1 aliphatic carbocycles. The van der Waals surface area contributed by atoms with Crippen LogP contribution in [0.25, 0.3) is 0 Å². The number of ether oxygens (including phenoxy) is 3. The van der Waals surface area contributed by atoms with Gasteiger partial charge in [-0.3, -0.25) is 9.59 Å². The quantitative estimate of drug-likeness (QED) is 0.278. The predicted molar refractivity (Wildman–Crippen MR) is 124 cm³/mol. The van der Waals surface area contributed by atoms with Crippen LogP contribution in [0.5, 0.6) is 11.5 Å². The summed E-state index contributed by atoms with van der Waals surface area (Å²) >= 11 is 11.2. The Morgan fingerprint density at radius 2 is 1.64 bits per heavy atom. The Morgan fingerprint density at radius 3 is 2.19 bits per heavy atom. The normalized spacial score (nSPS) is 20.4. The summed E-state index contributed by atoms with van der Waals surface area (Å²) in [6.07, 6.45) is -8.60. The molecule has 3 rings (SSSR count). The smallest absolute Gasteiger partial charge is 0.425 e. The van der Waals surface area contributed by atoms with Crippen molar-refractivity contribution >= 4 is 35.1 Å². The van der Waals surface area contributed by atoms with Gasteiger partial charge in [0, 0.05) is 18.4 Å². The van der Waals surface area contributed by atoms with Gasteiger partial charge in [0.15, 0.2) is 0 Å². The molecule has 36 heavy (non-hydrogen) atoms. The Morgan fingerprint density at radius 1 is 1.03 bits per heavy atom. The van der Waals surface area contributed by atoms with Crippen LogP contribution in [0.2, 0.25) is 0 Å². The molecule has 0 amide bonds. The van der Waals surface area contributed by atoms with Crippen LogP contribution in [0, 0.1) is 28.6 Å². The summed E-state index contributed by atoms with van der Waals surface area (Å²) in [5, 5.41) is 9.64. The first-order valence-corrected chi connectivity index (χ1v) is 11.5. The summed E-state index contributed by atoms with van der Waals surface area (Å²) in [6, 6.07) is 17.0. The second-order valence-corrected chi connectivity index (χ2v) is 10.3. The number of benzene rings is 2. The minimum absolute atomic E-state index is 0.296. The van der Waals surface area contributed by atoms with Gasteiger partial charge in [-0.1, -0.05) is 67.4 Å². The Balaban J connectivity index is 1.80. The fourth-order valence-electron chi connectivity index (χ4n) is 4.13. The van der Waals surface area contributed by atoms with E-state index in [9.17, 15) is 28.0 Å². The summed E-state index contributed by atoms with van der Waals surface area (Å²) in [5.41, 5.74) is -0.819. The van der Waals surface area contributed by atoms with Crippen molar-refractivity contribution in [2.24, 2.45) is 17.3 Å². The van der Waals surface area contributed by atoms with Crippen molar-refractivity contribution in [1.82, 2.24) is 0 Å². The number of carbonyl (C=O) groups excluding carboxylic acids is 2. The fraction of sp³-hybridized carbons (Fsp3) is 0.400. The summed E-state index contributed by atoms with van der Waals surface area (Å²) in [5.74, 6) is -3.44. The highest BCUT2D eigenvalue weighted by Crippen LogP contribution is 2.65. The largest absolute Gasteiger partial charge is 0.459 e. The lowest BCUT2D eigenvalue weighted by molar-refractivity contribution is -0.181. The number of halogens is 5. The summed E-state index contributed by atoms with van der Waals surface area (Å²) < 4.78 is 53.2. The van der Waals surface area contributed by atoms with Crippen molar-refractivity contribution in [3.8, 4) is 17.6 Å². The van der Waals surface area contributed by atoms with Gasteiger partial charge in [-0.2, -0.15) is 18.4 Å². The maximum Gasteiger partial charge on any atom is 0.425 e. The molecule has 6 nitrogen and oxygen atoms in total. The Labute approximate surface area is 215 Å². The monoisotopic (exact) mass is 543 g/mol. The fourth-order valence-corrected chi connectivity index (χ4v) is 4.49.